The Kier molecular flexibility index (Phi) is 6.31. The number of benzene rings is 2. The molecule has 0 aromatic heterocycles. The highest BCUT2D eigenvalue weighted by atomic mass is 16.5. The molecule has 0 bridgehead atoms. The quantitative estimate of drug-likeness (QED) is 0.464. The van der Waals surface area contributed by atoms with Crippen LogP contribution in [0.15, 0.2) is 47.5 Å². The van der Waals surface area contributed by atoms with E-state index in [4.69, 9.17) is 19.9 Å². The summed E-state index contributed by atoms with van der Waals surface area (Å²) in [6, 6.07) is 13.3. The summed E-state index contributed by atoms with van der Waals surface area (Å²) in [5.74, 6) is 2.43. The predicted octanol–water partition coefficient (Wildman–Crippen LogP) is 2.82. The van der Waals surface area contributed by atoms with Gasteiger partial charge in [-0.2, -0.15) is 0 Å². The second-order valence-electron chi connectivity index (χ2n) is 5.13. The van der Waals surface area contributed by atoms with Gasteiger partial charge in [0.2, 0.25) is 0 Å². The van der Waals surface area contributed by atoms with Gasteiger partial charge in [-0.05, 0) is 36.8 Å². The molecule has 128 valence electrons. The first-order chi connectivity index (χ1) is 11.6. The van der Waals surface area contributed by atoms with Crippen LogP contribution >= 0.6 is 0 Å². The van der Waals surface area contributed by atoms with E-state index in [1.165, 1.54) is 0 Å². The van der Waals surface area contributed by atoms with Gasteiger partial charge in [-0.25, -0.2) is 4.99 Å². The van der Waals surface area contributed by atoms with Gasteiger partial charge in [-0.1, -0.05) is 12.1 Å². The van der Waals surface area contributed by atoms with Gasteiger partial charge in [-0.3, -0.25) is 0 Å². The largest absolute Gasteiger partial charge is 0.493 e. The lowest BCUT2D eigenvalue weighted by Gasteiger charge is -2.11. The minimum atomic E-state index is 0.315. The van der Waals surface area contributed by atoms with E-state index in [9.17, 15) is 0 Å². The van der Waals surface area contributed by atoms with Crippen molar-refractivity contribution in [2.75, 3.05) is 32.7 Å². The average molecular weight is 329 g/mol. The van der Waals surface area contributed by atoms with Crippen LogP contribution in [0.4, 0.5) is 5.69 Å². The SMILES string of the molecule is COc1ccc(NC(N)=NCCOc2cccc(C)c2)cc1OC. The van der Waals surface area contributed by atoms with Crippen LogP contribution in [-0.2, 0) is 0 Å². The maximum Gasteiger partial charge on any atom is 0.193 e. The number of nitrogens with zero attached hydrogens (tertiary/aromatic N) is 1. The number of guanidine groups is 1. The zero-order chi connectivity index (χ0) is 17.4. The van der Waals surface area contributed by atoms with Crippen molar-refractivity contribution in [2.45, 2.75) is 6.92 Å². The van der Waals surface area contributed by atoms with E-state index in [2.05, 4.69) is 10.3 Å². The lowest BCUT2D eigenvalue weighted by Crippen LogP contribution is -2.23. The monoisotopic (exact) mass is 329 g/mol. The maximum atomic E-state index is 5.88. The molecule has 0 saturated heterocycles. The molecule has 0 fully saturated rings. The highest BCUT2D eigenvalue weighted by Gasteiger charge is 2.05. The summed E-state index contributed by atoms with van der Waals surface area (Å²) in [7, 11) is 3.18. The molecule has 2 rings (SSSR count). The minimum Gasteiger partial charge on any atom is -0.493 e. The zero-order valence-corrected chi connectivity index (χ0v) is 14.2. The molecule has 2 aromatic rings. The third-order valence-corrected chi connectivity index (χ3v) is 3.29. The number of ether oxygens (including phenoxy) is 3. The van der Waals surface area contributed by atoms with Gasteiger partial charge in [0.25, 0.3) is 0 Å². The van der Waals surface area contributed by atoms with E-state index in [0.717, 1.165) is 17.0 Å². The number of hydrogen-bond acceptors (Lipinski definition) is 4. The predicted molar refractivity (Wildman–Crippen MR) is 96.3 cm³/mol. The molecule has 6 heteroatoms. The standard InChI is InChI=1S/C18H23N3O3/c1-13-5-4-6-15(11-13)24-10-9-20-18(19)21-14-7-8-16(22-2)17(12-14)23-3/h4-8,11-12H,9-10H2,1-3H3,(H3,19,20,21). The fourth-order valence-electron chi connectivity index (χ4n) is 2.14. The molecule has 0 aliphatic carbocycles. The minimum absolute atomic E-state index is 0.315. The molecule has 0 unspecified atom stereocenters. The first kappa shape index (κ1) is 17.5. The van der Waals surface area contributed by atoms with Gasteiger partial charge in [0.15, 0.2) is 17.5 Å². The maximum absolute atomic E-state index is 5.88. The highest BCUT2D eigenvalue weighted by Crippen LogP contribution is 2.29. The van der Waals surface area contributed by atoms with Crippen LogP contribution in [0.5, 0.6) is 17.2 Å². The molecule has 0 aliphatic rings. The molecule has 0 atom stereocenters. The Morgan fingerprint density at radius 2 is 1.88 bits per heavy atom. The van der Waals surface area contributed by atoms with E-state index in [1.807, 2.05) is 37.3 Å². The van der Waals surface area contributed by atoms with Crippen molar-refractivity contribution in [3.05, 3.63) is 48.0 Å². The summed E-state index contributed by atoms with van der Waals surface area (Å²) in [4.78, 5) is 4.24. The average Bonchev–Trinajstić information content (AvgIpc) is 2.58. The van der Waals surface area contributed by atoms with Crippen molar-refractivity contribution < 1.29 is 14.2 Å². The van der Waals surface area contributed by atoms with Gasteiger partial charge in [-0.15, -0.1) is 0 Å². The number of anilines is 1. The molecular formula is C18H23N3O3. The Labute approximate surface area is 142 Å². The normalized spacial score (nSPS) is 11.0. The van der Waals surface area contributed by atoms with Crippen LogP contribution in [0.1, 0.15) is 5.56 Å². The topological polar surface area (TPSA) is 78.1 Å². The first-order valence-corrected chi connectivity index (χ1v) is 7.61. The van der Waals surface area contributed by atoms with Crippen LogP contribution in [0.3, 0.4) is 0 Å². The van der Waals surface area contributed by atoms with Crippen molar-refractivity contribution in [2.24, 2.45) is 10.7 Å². The molecule has 24 heavy (non-hydrogen) atoms. The molecule has 3 N–H and O–H groups in total. The molecule has 0 heterocycles. The summed E-state index contributed by atoms with van der Waals surface area (Å²) < 4.78 is 16.1. The van der Waals surface area contributed by atoms with E-state index in [1.54, 1.807) is 26.4 Å². The molecule has 2 aromatic carbocycles. The summed E-state index contributed by atoms with van der Waals surface area (Å²) in [5.41, 5.74) is 7.81. The van der Waals surface area contributed by atoms with E-state index < -0.39 is 0 Å². The van der Waals surface area contributed by atoms with E-state index in [0.29, 0.717) is 30.6 Å². The Balaban J connectivity index is 1.85. The molecule has 0 amide bonds. The Hall–Kier alpha value is -2.89. The summed E-state index contributed by atoms with van der Waals surface area (Å²) in [5, 5.41) is 3.01. The second-order valence-corrected chi connectivity index (χ2v) is 5.13. The van der Waals surface area contributed by atoms with Gasteiger partial charge in [0.1, 0.15) is 12.4 Å². The smallest absolute Gasteiger partial charge is 0.193 e. The summed E-state index contributed by atoms with van der Waals surface area (Å²) in [6.45, 7) is 2.94. The number of nitrogens with one attached hydrogen (secondary N) is 1. The van der Waals surface area contributed by atoms with Crippen molar-refractivity contribution in [3.63, 3.8) is 0 Å². The van der Waals surface area contributed by atoms with Crippen LogP contribution in [-0.4, -0.2) is 33.3 Å². The number of rotatable bonds is 7. The third kappa shape index (κ3) is 5.08. The summed E-state index contributed by atoms with van der Waals surface area (Å²) >= 11 is 0. The van der Waals surface area contributed by atoms with Crippen molar-refractivity contribution in [3.8, 4) is 17.2 Å². The second kappa shape index (κ2) is 8.67. The lowest BCUT2D eigenvalue weighted by atomic mass is 10.2. The number of hydrogen-bond donors (Lipinski definition) is 2. The van der Waals surface area contributed by atoms with Crippen LogP contribution in [0.2, 0.25) is 0 Å². The lowest BCUT2D eigenvalue weighted by molar-refractivity contribution is 0.328. The fraction of sp³-hybridized carbons (Fsp3) is 0.278. The van der Waals surface area contributed by atoms with Crippen molar-refractivity contribution >= 4 is 11.6 Å². The van der Waals surface area contributed by atoms with Crippen LogP contribution in [0.25, 0.3) is 0 Å². The van der Waals surface area contributed by atoms with Crippen molar-refractivity contribution in [1.82, 2.24) is 0 Å². The number of aliphatic imine (C=N–C) groups is 1. The fourth-order valence-corrected chi connectivity index (χ4v) is 2.14. The van der Waals surface area contributed by atoms with Gasteiger partial charge in [0, 0.05) is 11.8 Å². The Morgan fingerprint density at radius 1 is 1.08 bits per heavy atom. The van der Waals surface area contributed by atoms with Gasteiger partial charge in [0.05, 0.1) is 20.8 Å². The number of methoxy groups -OCH3 is 2. The van der Waals surface area contributed by atoms with Gasteiger partial charge >= 0.3 is 0 Å². The zero-order valence-electron chi connectivity index (χ0n) is 14.2. The van der Waals surface area contributed by atoms with E-state index >= 15 is 0 Å². The number of aryl methyl sites for hydroxylation is 1. The number of nitrogens with two attached hydrogens (primary N) is 1. The molecule has 0 radical (unpaired) electrons. The molecule has 0 spiro atoms. The van der Waals surface area contributed by atoms with Crippen molar-refractivity contribution in [1.29, 1.82) is 0 Å². The highest BCUT2D eigenvalue weighted by molar-refractivity contribution is 5.92. The molecule has 6 nitrogen and oxygen atoms in total. The first-order valence-electron chi connectivity index (χ1n) is 7.61. The molecular weight excluding hydrogens is 306 g/mol. The van der Waals surface area contributed by atoms with Crippen LogP contribution in [0, 0.1) is 6.92 Å². The molecule has 0 saturated carbocycles. The van der Waals surface area contributed by atoms with Crippen LogP contribution < -0.4 is 25.3 Å². The third-order valence-electron chi connectivity index (χ3n) is 3.29. The Bertz CT molecular complexity index is 702. The van der Waals surface area contributed by atoms with E-state index in [-0.39, 0.29) is 0 Å². The summed E-state index contributed by atoms with van der Waals surface area (Å²) in [6.07, 6.45) is 0. The van der Waals surface area contributed by atoms with Gasteiger partial charge < -0.3 is 25.3 Å². The molecule has 0 aliphatic heterocycles. The Morgan fingerprint density at radius 3 is 2.58 bits per heavy atom.